The molecule has 1 heterocycles. The van der Waals surface area contributed by atoms with Gasteiger partial charge in [-0.25, -0.2) is 0 Å². The third kappa shape index (κ3) is 2.78. The average Bonchev–Trinajstić information content (AvgIpc) is 2.90. The maximum atomic E-state index is 12.5. The van der Waals surface area contributed by atoms with E-state index in [-0.39, 0.29) is 23.6 Å². The van der Waals surface area contributed by atoms with Crippen molar-refractivity contribution in [2.24, 2.45) is 0 Å². The van der Waals surface area contributed by atoms with Gasteiger partial charge in [0.1, 0.15) is 4.20 Å². The standard InChI is InChI=1S/C15H11ClO4S2/c16-10-2-1-3-11(17)14(10)15(18)8-4-5-12-9(6-8)7-13(21-12)22(19)20/h4-6H,1-3,7H2. The van der Waals surface area contributed by atoms with Crippen molar-refractivity contribution >= 4 is 49.4 Å². The van der Waals surface area contributed by atoms with Gasteiger partial charge in [-0.2, -0.15) is 8.42 Å². The lowest BCUT2D eigenvalue weighted by atomic mass is 9.91. The summed E-state index contributed by atoms with van der Waals surface area (Å²) in [5.74, 6) is -0.594. The van der Waals surface area contributed by atoms with Crippen LogP contribution in [-0.4, -0.2) is 24.2 Å². The first-order valence-electron chi connectivity index (χ1n) is 6.70. The van der Waals surface area contributed by atoms with Crippen LogP contribution in [0.25, 0.3) is 0 Å². The second-order valence-corrected chi connectivity index (χ2v) is 7.91. The molecule has 114 valence electrons. The van der Waals surface area contributed by atoms with Crippen molar-refractivity contribution in [3.8, 4) is 0 Å². The largest absolute Gasteiger partial charge is 0.294 e. The van der Waals surface area contributed by atoms with E-state index >= 15 is 0 Å². The number of hydrogen-bond donors (Lipinski definition) is 0. The predicted octanol–water partition coefficient (Wildman–Crippen LogP) is 2.77. The fourth-order valence-corrected chi connectivity index (χ4v) is 4.58. The Labute approximate surface area is 138 Å². The molecule has 0 radical (unpaired) electrons. The Balaban J connectivity index is 1.99. The summed E-state index contributed by atoms with van der Waals surface area (Å²) in [5.41, 5.74) is 1.24. The van der Waals surface area contributed by atoms with Crippen molar-refractivity contribution < 1.29 is 18.0 Å². The molecule has 1 aromatic rings. The fraction of sp³-hybridized carbons (Fsp3) is 0.267. The first-order valence-corrected chi connectivity index (χ1v) is 8.96. The summed E-state index contributed by atoms with van der Waals surface area (Å²) in [5, 5.41) is 0.323. The number of carbonyl (C=O) groups is 2. The van der Waals surface area contributed by atoms with Crippen molar-refractivity contribution in [1.29, 1.82) is 0 Å². The van der Waals surface area contributed by atoms with Crippen LogP contribution in [0.1, 0.15) is 35.2 Å². The lowest BCUT2D eigenvalue weighted by Crippen LogP contribution is -2.18. The van der Waals surface area contributed by atoms with Gasteiger partial charge in [0.25, 0.3) is 0 Å². The Hall–Kier alpha value is -1.37. The molecule has 0 N–H and O–H groups in total. The van der Waals surface area contributed by atoms with Crippen LogP contribution in [0, 0.1) is 0 Å². The molecule has 4 nitrogen and oxygen atoms in total. The molecule has 0 aromatic heterocycles. The highest BCUT2D eigenvalue weighted by Crippen LogP contribution is 2.35. The molecule has 3 rings (SSSR count). The molecule has 0 fully saturated rings. The zero-order valence-corrected chi connectivity index (χ0v) is 13.8. The zero-order chi connectivity index (χ0) is 15.9. The summed E-state index contributed by atoms with van der Waals surface area (Å²) in [4.78, 5) is 25.3. The summed E-state index contributed by atoms with van der Waals surface area (Å²) in [6.07, 6.45) is 1.84. The molecule has 0 bridgehead atoms. The molecule has 22 heavy (non-hydrogen) atoms. The number of benzene rings is 1. The normalized spacial score (nSPS) is 17.7. The molecule has 1 aliphatic carbocycles. The van der Waals surface area contributed by atoms with Crippen LogP contribution >= 0.6 is 23.4 Å². The maximum Gasteiger partial charge on any atom is 0.224 e. The Morgan fingerprint density at radius 2 is 2.00 bits per heavy atom. The maximum absolute atomic E-state index is 12.5. The number of Topliss-reactive ketones (excluding diaryl/α,β-unsaturated/α-hetero) is 2. The van der Waals surface area contributed by atoms with Crippen LogP contribution in [-0.2, 0) is 21.5 Å². The topological polar surface area (TPSA) is 68.3 Å². The summed E-state index contributed by atoms with van der Waals surface area (Å²) in [6, 6.07) is 4.99. The number of allylic oxidation sites excluding steroid dienone is 2. The highest BCUT2D eigenvalue weighted by atomic mass is 35.5. The number of hydrogen-bond acceptors (Lipinski definition) is 5. The average molecular weight is 355 g/mol. The minimum Gasteiger partial charge on any atom is -0.294 e. The molecule has 0 atom stereocenters. The molecule has 7 heteroatoms. The van der Waals surface area contributed by atoms with E-state index in [9.17, 15) is 18.0 Å². The van der Waals surface area contributed by atoms with E-state index in [1.54, 1.807) is 18.2 Å². The Kier molecular flexibility index (Phi) is 4.25. The van der Waals surface area contributed by atoms with Crippen LogP contribution in [0.15, 0.2) is 33.7 Å². The summed E-state index contributed by atoms with van der Waals surface area (Å²) in [7, 11) is -2.24. The van der Waals surface area contributed by atoms with Crippen molar-refractivity contribution in [3.05, 3.63) is 39.9 Å². The minimum absolute atomic E-state index is 0.0788. The molecule has 0 spiro atoms. The summed E-state index contributed by atoms with van der Waals surface area (Å²) in [6.45, 7) is 0. The van der Waals surface area contributed by atoms with Gasteiger partial charge in [-0.3, -0.25) is 9.59 Å². The van der Waals surface area contributed by atoms with Crippen LogP contribution < -0.4 is 0 Å². The minimum atomic E-state index is -2.24. The number of carbonyl (C=O) groups excluding carboxylic acids is 2. The monoisotopic (exact) mass is 354 g/mol. The Morgan fingerprint density at radius 3 is 2.68 bits per heavy atom. The highest BCUT2D eigenvalue weighted by Gasteiger charge is 2.28. The van der Waals surface area contributed by atoms with Gasteiger partial charge in [0.15, 0.2) is 11.6 Å². The second-order valence-electron chi connectivity index (χ2n) is 5.09. The van der Waals surface area contributed by atoms with E-state index in [0.29, 0.717) is 34.1 Å². The SMILES string of the molecule is O=C1CCCC(Cl)=C1C(=O)c1ccc2c(c1)CC(=S(=O)=O)S2. The van der Waals surface area contributed by atoms with Gasteiger partial charge in [-0.1, -0.05) is 23.4 Å². The van der Waals surface area contributed by atoms with Crippen LogP contribution in [0.4, 0.5) is 0 Å². The van der Waals surface area contributed by atoms with Crippen molar-refractivity contribution in [2.75, 3.05) is 0 Å². The van der Waals surface area contributed by atoms with Crippen molar-refractivity contribution in [2.45, 2.75) is 30.6 Å². The first kappa shape index (κ1) is 15.5. The fourth-order valence-electron chi connectivity index (χ4n) is 2.57. The van der Waals surface area contributed by atoms with Crippen LogP contribution in [0.5, 0.6) is 0 Å². The van der Waals surface area contributed by atoms with Crippen molar-refractivity contribution in [3.63, 3.8) is 0 Å². The Bertz CT molecular complexity index is 858. The number of rotatable bonds is 2. The lowest BCUT2D eigenvalue weighted by molar-refractivity contribution is -0.115. The first-order chi connectivity index (χ1) is 10.5. The molecule has 0 unspecified atom stereocenters. The molecular formula is C15H11ClO4S2. The number of ketones is 2. The van der Waals surface area contributed by atoms with Gasteiger partial charge < -0.3 is 0 Å². The molecule has 0 saturated heterocycles. The second kappa shape index (κ2) is 6.02. The zero-order valence-electron chi connectivity index (χ0n) is 11.4. The smallest absolute Gasteiger partial charge is 0.224 e. The molecule has 0 saturated carbocycles. The third-order valence-electron chi connectivity index (χ3n) is 3.64. The lowest BCUT2D eigenvalue weighted by Gasteiger charge is -2.14. The van der Waals surface area contributed by atoms with E-state index in [1.165, 1.54) is 11.8 Å². The number of halogens is 1. The van der Waals surface area contributed by atoms with E-state index < -0.39 is 10.3 Å². The van der Waals surface area contributed by atoms with Crippen LogP contribution in [0.2, 0.25) is 0 Å². The van der Waals surface area contributed by atoms with Crippen molar-refractivity contribution in [1.82, 2.24) is 0 Å². The van der Waals surface area contributed by atoms with Gasteiger partial charge in [-0.05, 0) is 36.6 Å². The van der Waals surface area contributed by atoms with E-state index in [0.717, 1.165) is 10.5 Å². The van der Waals surface area contributed by atoms with Gasteiger partial charge in [-0.15, -0.1) is 0 Å². The van der Waals surface area contributed by atoms with E-state index in [2.05, 4.69) is 0 Å². The van der Waals surface area contributed by atoms with E-state index in [4.69, 9.17) is 11.6 Å². The molecule has 2 aliphatic rings. The molecule has 0 amide bonds. The van der Waals surface area contributed by atoms with Crippen LogP contribution in [0.3, 0.4) is 0 Å². The number of fused-ring (bicyclic) bond motifs is 1. The number of thioether (sulfide) groups is 1. The van der Waals surface area contributed by atoms with Gasteiger partial charge in [0.05, 0.1) is 5.57 Å². The molecular weight excluding hydrogens is 344 g/mol. The van der Waals surface area contributed by atoms with E-state index in [1.807, 2.05) is 0 Å². The molecule has 1 aromatic carbocycles. The van der Waals surface area contributed by atoms with Gasteiger partial charge in [0, 0.05) is 28.3 Å². The Morgan fingerprint density at radius 1 is 1.23 bits per heavy atom. The van der Waals surface area contributed by atoms with Gasteiger partial charge in [0.2, 0.25) is 10.3 Å². The quantitative estimate of drug-likeness (QED) is 0.464. The summed E-state index contributed by atoms with van der Waals surface area (Å²) < 4.78 is 22.4. The van der Waals surface area contributed by atoms with Gasteiger partial charge >= 0.3 is 0 Å². The summed E-state index contributed by atoms with van der Waals surface area (Å²) >= 11 is 7.24. The third-order valence-corrected chi connectivity index (χ3v) is 6.19. The molecule has 1 aliphatic heterocycles. The predicted molar refractivity (Wildman–Crippen MR) is 86.0 cm³/mol. The highest BCUT2D eigenvalue weighted by molar-refractivity contribution is 8.22.